The molecule has 4 saturated heterocycles. The maximum Gasteiger partial charge on any atom is 0.342 e. The predicted molar refractivity (Wildman–Crippen MR) is 247 cm³/mol. The Bertz CT molecular complexity index is 2680. The van der Waals surface area contributed by atoms with Crippen molar-refractivity contribution in [2.45, 2.75) is 88.3 Å². The molecule has 1 spiro atoms. The fraction of sp³-hybridized carbons (Fsp3) is 0.521. The lowest BCUT2D eigenvalue weighted by Gasteiger charge is -2.61. The number of alkyl halides is 2. The molecule has 2 aromatic carbocycles. The van der Waals surface area contributed by atoms with Gasteiger partial charge in [0.05, 0.1) is 47.9 Å². The van der Waals surface area contributed by atoms with Crippen LogP contribution in [0.5, 0.6) is 5.75 Å². The number of likely N-dealkylation sites (tertiary alicyclic amines) is 2. The van der Waals surface area contributed by atoms with E-state index in [2.05, 4.69) is 35.7 Å². The van der Waals surface area contributed by atoms with Gasteiger partial charge in [0.15, 0.2) is 5.82 Å². The Kier molecular flexibility index (Phi) is 12.2. The molecule has 19 nitrogen and oxygen atoms in total. The number of amides is 7. The molecule has 370 valence electrons. The number of carbonyl (C=O) groups excluding carboxylic acids is 7. The van der Waals surface area contributed by atoms with Gasteiger partial charge < -0.3 is 39.9 Å². The van der Waals surface area contributed by atoms with Crippen LogP contribution in [0, 0.1) is 11.2 Å². The Morgan fingerprint density at radius 3 is 2.39 bits per heavy atom. The Hall–Kier alpha value is -6.84. The first-order valence-corrected chi connectivity index (χ1v) is 23.9. The fourth-order valence-corrected chi connectivity index (χ4v) is 11.3. The van der Waals surface area contributed by atoms with E-state index >= 15 is 13.2 Å². The highest BCUT2D eigenvalue weighted by Gasteiger charge is 2.54. The second-order valence-corrected chi connectivity index (χ2v) is 19.6. The number of piperidine rings is 2. The fourth-order valence-electron chi connectivity index (χ4n) is 11.3. The highest BCUT2D eigenvalue weighted by molar-refractivity contribution is 6.25. The van der Waals surface area contributed by atoms with Gasteiger partial charge in [-0.1, -0.05) is 18.9 Å². The number of ether oxygens (including phenoxy) is 1. The standard InChI is InChI=1S/C48H54F3N11O8/c1-57-35-21-52-46(56-40(35)61(28-7-3-4-8-28)26-48(50,51)45(57)69)54-32-20-31(49)30(19-36(32)70-2)41(65)53-27-14-17-59(18-15-27)38(64)11-6-16-58-22-47(23-58)24-60(25-47)33-10-5-9-29-39(33)44(68)62(43(29)67)34-12-13-37(63)55-42(34)66/h5,9-10,19-21,27-28,34H,3-4,6-8,11-18,22-26H2,1-2H3,(H,53,65)(H,52,54,56)(H,55,63,66). The molecule has 0 radical (unpaired) electrons. The number of rotatable bonds is 12. The van der Waals surface area contributed by atoms with E-state index in [1.54, 1.807) is 17.0 Å². The topological polar surface area (TPSA) is 210 Å². The zero-order chi connectivity index (χ0) is 49.2. The van der Waals surface area contributed by atoms with Crippen LogP contribution >= 0.6 is 0 Å². The minimum Gasteiger partial charge on any atom is -0.495 e. The molecule has 7 heterocycles. The van der Waals surface area contributed by atoms with Crippen LogP contribution in [-0.4, -0.2) is 157 Å². The third-order valence-corrected chi connectivity index (χ3v) is 14.9. The number of imide groups is 2. The normalized spacial score (nSPS) is 22.4. The maximum absolute atomic E-state index is 15.7. The van der Waals surface area contributed by atoms with Crippen molar-refractivity contribution in [3.05, 3.63) is 59.0 Å². The number of hydrogen-bond donors (Lipinski definition) is 3. The van der Waals surface area contributed by atoms with Crippen molar-refractivity contribution in [1.82, 2.24) is 35.3 Å². The predicted octanol–water partition coefficient (Wildman–Crippen LogP) is 3.45. The molecule has 5 fully saturated rings. The Morgan fingerprint density at radius 1 is 0.929 bits per heavy atom. The summed E-state index contributed by atoms with van der Waals surface area (Å²) in [6, 6.07) is 5.92. The van der Waals surface area contributed by atoms with E-state index < -0.39 is 59.8 Å². The van der Waals surface area contributed by atoms with Crippen molar-refractivity contribution in [3.63, 3.8) is 0 Å². The second-order valence-electron chi connectivity index (χ2n) is 19.6. The number of halogens is 3. The van der Waals surface area contributed by atoms with Gasteiger partial charge in [0, 0.05) is 82.7 Å². The van der Waals surface area contributed by atoms with Gasteiger partial charge in [0.2, 0.25) is 23.7 Å². The van der Waals surface area contributed by atoms with E-state index in [1.165, 1.54) is 31.3 Å². The summed E-state index contributed by atoms with van der Waals surface area (Å²) < 4.78 is 51.3. The highest BCUT2D eigenvalue weighted by atomic mass is 19.3. The first-order valence-electron chi connectivity index (χ1n) is 23.9. The average molecular weight is 970 g/mol. The molecule has 1 aromatic heterocycles. The van der Waals surface area contributed by atoms with Gasteiger partial charge in [0.25, 0.3) is 23.6 Å². The van der Waals surface area contributed by atoms with E-state index in [1.807, 2.05) is 6.07 Å². The van der Waals surface area contributed by atoms with Crippen molar-refractivity contribution in [1.29, 1.82) is 0 Å². The molecule has 7 amide bonds. The minimum absolute atomic E-state index is 0.0281. The van der Waals surface area contributed by atoms with Gasteiger partial charge in [-0.2, -0.15) is 13.8 Å². The molecule has 0 bridgehead atoms. The lowest BCUT2D eigenvalue weighted by Crippen LogP contribution is -2.72. The van der Waals surface area contributed by atoms with Crippen LogP contribution in [0.3, 0.4) is 0 Å². The molecular weight excluding hydrogens is 916 g/mol. The number of anilines is 5. The second kappa shape index (κ2) is 18.2. The lowest BCUT2D eigenvalue weighted by molar-refractivity contribution is -0.140. The van der Waals surface area contributed by atoms with Crippen LogP contribution in [0.2, 0.25) is 0 Å². The quantitative estimate of drug-likeness (QED) is 0.222. The first kappa shape index (κ1) is 46.9. The Labute approximate surface area is 401 Å². The Balaban J connectivity index is 0.675. The van der Waals surface area contributed by atoms with Gasteiger partial charge in [-0.05, 0) is 63.3 Å². The van der Waals surface area contributed by atoms with Crippen molar-refractivity contribution in [2.24, 2.45) is 5.41 Å². The molecule has 3 aromatic rings. The van der Waals surface area contributed by atoms with Crippen LogP contribution in [0.25, 0.3) is 0 Å². The molecule has 3 N–H and O–H groups in total. The largest absolute Gasteiger partial charge is 0.495 e. The molecule has 1 saturated carbocycles. The summed E-state index contributed by atoms with van der Waals surface area (Å²) in [5.74, 6) is -8.38. The number of nitrogens with one attached hydrogen (secondary N) is 3. The van der Waals surface area contributed by atoms with Crippen LogP contribution in [0.15, 0.2) is 36.5 Å². The minimum atomic E-state index is -3.65. The van der Waals surface area contributed by atoms with Crippen LogP contribution < -0.4 is 35.4 Å². The summed E-state index contributed by atoms with van der Waals surface area (Å²) in [7, 11) is 2.61. The lowest BCUT2D eigenvalue weighted by atomic mass is 9.72. The number of hydrogen-bond acceptors (Lipinski definition) is 14. The van der Waals surface area contributed by atoms with Crippen molar-refractivity contribution < 1.29 is 51.5 Å². The molecule has 1 aliphatic carbocycles. The number of benzene rings is 2. The van der Waals surface area contributed by atoms with Gasteiger partial charge in [0.1, 0.15) is 23.3 Å². The third-order valence-electron chi connectivity index (χ3n) is 14.9. The zero-order valence-corrected chi connectivity index (χ0v) is 38.9. The molecule has 1 unspecified atom stereocenters. The summed E-state index contributed by atoms with van der Waals surface area (Å²) in [5, 5.41) is 8.03. The van der Waals surface area contributed by atoms with Gasteiger partial charge in [-0.25, -0.2) is 9.37 Å². The highest BCUT2D eigenvalue weighted by Crippen LogP contribution is 2.45. The van der Waals surface area contributed by atoms with E-state index in [9.17, 15) is 33.6 Å². The number of methoxy groups -OCH3 is 1. The summed E-state index contributed by atoms with van der Waals surface area (Å²) in [6.45, 7) is 3.88. The molecule has 22 heteroatoms. The Morgan fingerprint density at radius 2 is 1.67 bits per heavy atom. The molecule has 10 rings (SSSR count). The van der Waals surface area contributed by atoms with Gasteiger partial charge in [-0.3, -0.25) is 43.8 Å². The van der Waals surface area contributed by atoms with Crippen molar-refractivity contribution in [2.75, 3.05) is 86.5 Å². The summed E-state index contributed by atoms with van der Waals surface area (Å²) in [4.78, 5) is 109. The monoisotopic (exact) mass is 969 g/mol. The molecule has 1 atom stereocenters. The average Bonchev–Trinajstić information content (AvgIpc) is 3.93. The first-order chi connectivity index (χ1) is 33.5. The van der Waals surface area contributed by atoms with Crippen LogP contribution in [0.1, 0.15) is 95.3 Å². The third kappa shape index (κ3) is 8.52. The summed E-state index contributed by atoms with van der Waals surface area (Å²) in [6.07, 6.45) is 6.50. The van der Waals surface area contributed by atoms with Crippen LogP contribution in [-0.2, 0) is 19.2 Å². The van der Waals surface area contributed by atoms with Crippen molar-refractivity contribution in [3.8, 4) is 5.75 Å². The molecule has 7 aliphatic rings. The number of nitrogens with zero attached hydrogens (tertiary/aromatic N) is 8. The van der Waals surface area contributed by atoms with E-state index in [-0.39, 0.29) is 76.3 Å². The van der Waals surface area contributed by atoms with Gasteiger partial charge >= 0.3 is 5.92 Å². The maximum atomic E-state index is 15.7. The SMILES string of the molecule is COc1cc(C(=O)NC2CCN(C(=O)CCCN3CC4(C3)CN(c3cccc5c3C(=O)N(C3CCC(=O)NC3=O)C5=O)C4)CC2)c(F)cc1Nc1ncc2c(n1)N(C1CCCC1)CC(F)(F)C(=O)N2C. The van der Waals surface area contributed by atoms with Crippen molar-refractivity contribution >= 4 is 70.2 Å². The van der Waals surface area contributed by atoms with E-state index in [0.717, 1.165) is 48.3 Å². The molecule has 70 heavy (non-hydrogen) atoms. The number of carbonyl (C=O) groups is 7. The number of aromatic nitrogens is 2. The summed E-state index contributed by atoms with van der Waals surface area (Å²) in [5.41, 5.74) is 1.22. The summed E-state index contributed by atoms with van der Waals surface area (Å²) >= 11 is 0. The zero-order valence-electron chi connectivity index (χ0n) is 38.9. The van der Waals surface area contributed by atoms with E-state index in [0.29, 0.717) is 76.0 Å². The van der Waals surface area contributed by atoms with Crippen LogP contribution in [0.4, 0.5) is 42.0 Å². The molecule has 6 aliphatic heterocycles. The molecular formula is C48H54F3N11O8. The smallest absolute Gasteiger partial charge is 0.342 e. The van der Waals surface area contributed by atoms with E-state index in [4.69, 9.17) is 4.74 Å². The number of fused-ring (bicyclic) bond motifs is 2. The van der Waals surface area contributed by atoms with Gasteiger partial charge in [-0.15, -0.1) is 0 Å².